The minimum atomic E-state index is -3.28. The van der Waals surface area contributed by atoms with E-state index >= 15 is 0 Å². The monoisotopic (exact) mass is 384 g/mol. The predicted molar refractivity (Wildman–Crippen MR) is 88.9 cm³/mol. The molecule has 0 aliphatic rings. The van der Waals surface area contributed by atoms with E-state index < -0.39 is 15.1 Å². The van der Waals surface area contributed by atoms with Crippen molar-refractivity contribution in [2.45, 2.75) is 30.6 Å². The first-order chi connectivity index (χ1) is 10.3. The maximum atomic E-state index is 12.0. The van der Waals surface area contributed by atoms with Crippen molar-refractivity contribution in [3.63, 3.8) is 0 Å². The van der Waals surface area contributed by atoms with Crippen LogP contribution in [0.3, 0.4) is 0 Å². The summed E-state index contributed by atoms with van der Waals surface area (Å²) in [5, 5.41) is 8.77. The predicted octanol–water partition coefficient (Wildman–Crippen LogP) is 3.92. The maximum Gasteiger partial charge on any atom is 0.180 e. The average molecular weight is 385 g/mol. The number of benzene rings is 2. The zero-order valence-electron chi connectivity index (χ0n) is 12.3. The van der Waals surface area contributed by atoms with Crippen molar-refractivity contribution >= 4 is 25.8 Å². The Morgan fingerprint density at radius 1 is 1.09 bits per heavy atom. The van der Waals surface area contributed by atoms with E-state index in [1.165, 1.54) is 12.1 Å². The van der Waals surface area contributed by atoms with Crippen molar-refractivity contribution in [3.05, 3.63) is 52.5 Å². The van der Waals surface area contributed by atoms with E-state index in [0.717, 1.165) is 10.0 Å². The second-order valence-corrected chi connectivity index (χ2v) is 8.44. The first-order valence-corrected chi connectivity index (χ1v) is 9.09. The van der Waals surface area contributed by atoms with E-state index in [-0.39, 0.29) is 11.5 Å². The Morgan fingerprint density at radius 2 is 1.68 bits per heavy atom. The van der Waals surface area contributed by atoms with Crippen LogP contribution in [0.5, 0.6) is 11.5 Å². The average Bonchev–Trinajstić information content (AvgIpc) is 2.49. The molecule has 0 aliphatic carbocycles. The van der Waals surface area contributed by atoms with E-state index in [9.17, 15) is 13.5 Å². The zero-order chi connectivity index (χ0) is 16.3. The van der Waals surface area contributed by atoms with Crippen molar-refractivity contribution < 1.29 is 18.3 Å². The van der Waals surface area contributed by atoms with E-state index in [4.69, 9.17) is 4.74 Å². The number of hydrogen-bond donors (Lipinski definition) is 1. The summed E-state index contributed by atoms with van der Waals surface area (Å²) in [6.45, 7) is 3.21. The summed E-state index contributed by atoms with van der Waals surface area (Å²) in [5.41, 5.74) is 0.719. The highest BCUT2D eigenvalue weighted by Crippen LogP contribution is 2.28. The lowest BCUT2D eigenvalue weighted by atomic mass is 10.2. The second-order valence-electron chi connectivity index (χ2n) is 5.08. The number of halogens is 1. The van der Waals surface area contributed by atoms with E-state index in [0.29, 0.717) is 11.5 Å². The van der Waals surface area contributed by atoms with Crippen LogP contribution in [0, 0.1) is 0 Å². The molecule has 0 fully saturated rings. The normalized spacial score (nSPS) is 11.7. The Morgan fingerprint density at radius 3 is 2.23 bits per heavy atom. The van der Waals surface area contributed by atoms with Crippen LogP contribution in [0.1, 0.15) is 19.4 Å². The fourth-order valence-electron chi connectivity index (χ4n) is 1.84. The Kier molecular flexibility index (Phi) is 5.26. The lowest BCUT2D eigenvalue weighted by Crippen LogP contribution is -2.13. The van der Waals surface area contributed by atoms with E-state index in [1.54, 1.807) is 44.2 Å². The van der Waals surface area contributed by atoms with Gasteiger partial charge in [-0.3, -0.25) is 0 Å². The number of aliphatic hydroxyl groups excluding tert-OH is 1. The van der Waals surface area contributed by atoms with Gasteiger partial charge in [0.15, 0.2) is 9.84 Å². The van der Waals surface area contributed by atoms with Crippen LogP contribution in [0.25, 0.3) is 0 Å². The van der Waals surface area contributed by atoms with Gasteiger partial charge in [0, 0.05) is 4.47 Å². The summed E-state index contributed by atoms with van der Waals surface area (Å²) in [6.07, 6.45) is 0. The molecule has 0 saturated carbocycles. The van der Waals surface area contributed by atoms with Crippen molar-refractivity contribution in [1.82, 2.24) is 0 Å². The number of sulfone groups is 1. The molecule has 118 valence electrons. The van der Waals surface area contributed by atoms with Gasteiger partial charge < -0.3 is 9.84 Å². The largest absolute Gasteiger partial charge is 0.457 e. The molecule has 0 aliphatic heterocycles. The molecule has 2 aromatic rings. The number of ether oxygens (including phenoxy) is 1. The molecule has 1 N–H and O–H groups in total. The molecule has 0 amide bonds. The quantitative estimate of drug-likeness (QED) is 0.848. The standard InChI is InChI=1S/C16H17BrO4S/c1-11(2)22(19,20)15-6-3-13(4-7-15)21-14-5-8-16(17)12(9-14)10-18/h3-9,11,18H,10H2,1-2H3. The molecule has 22 heavy (non-hydrogen) atoms. The Balaban J connectivity index is 2.22. The first kappa shape index (κ1) is 17.0. The van der Waals surface area contributed by atoms with Crippen molar-refractivity contribution in [3.8, 4) is 11.5 Å². The molecule has 2 aromatic carbocycles. The SMILES string of the molecule is CC(C)S(=O)(=O)c1ccc(Oc2ccc(Br)c(CO)c2)cc1. The van der Waals surface area contributed by atoms with Gasteiger partial charge in [-0.25, -0.2) is 8.42 Å². The summed E-state index contributed by atoms with van der Waals surface area (Å²) in [4.78, 5) is 0.279. The van der Waals surface area contributed by atoms with Crippen LogP contribution in [0.4, 0.5) is 0 Å². The minimum Gasteiger partial charge on any atom is -0.457 e. The molecule has 4 nitrogen and oxygen atoms in total. The van der Waals surface area contributed by atoms with Crippen LogP contribution in [0.15, 0.2) is 51.8 Å². The molecule has 6 heteroatoms. The van der Waals surface area contributed by atoms with E-state index in [1.807, 2.05) is 0 Å². The fraction of sp³-hybridized carbons (Fsp3) is 0.250. The third-order valence-corrected chi connectivity index (χ3v) is 6.14. The van der Waals surface area contributed by atoms with Crippen molar-refractivity contribution in [2.75, 3.05) is 0 Å². The van der Waals surface area contributed by atoms with Gasteiger partial charge >= 0.3 is 0 Å². The first-order valence-electron chi connectivity index (χ1n) is 6.75. The summed E-state index contributed by atoms with van der Waals surface area (Å²) in [5.74, 6) is 1.11. The third-order valence-electron chi connectivity index (χ3n) is 3.20. The Bertz CT molecular complexity index is 752. The topological polar surface area (TPSA) is 63.6 Å². The molecule has 0 bridgehead atoms. The molecule has 0 radical (unpaired) electrons. The van der Waals surface area contributed by atoms with Gasteiger partial charge in [0.1, 0.15) is 11.5 Å². The van der Waals surface area contributed by atoms with Gasteiger partial charge in [0.25, 0.3) is 0 Å². The van der Waals surface area contributed by atoms with Crippen LogP contribution in [-0.2, 0) is 16.4 Å². The van der Waals surface area contributed by atoms with Gasteiger partial charge in [-0.1, -0.05) is 15.9 Å². The number of hydrogen-bond acceptors (Lipinski definition) is 4. The zero-order valence-corrected chi connectivity index (χ0v) is 14.7. The lowest BCUT2D eigenvalue weighted by molar-refractivity contribution is 0.280. The lowest BCUT2D eigenvalue weighted by Gasteiger charge is -2.10. The molecular weight excluding hydrogens is 368 g/mol. The van der Waals surface area contributed by atoms with Gasteiger partial charge in [-0.15, -0.1) is 0 Å². The van der Waals surface area contributed by atoms with E-state index in [2.05, 4.69) is 15.9 Å². The third kappa shape index (κ3) is 3.69. The molecule has 0 unspecified atom stereocenters. The molecule has 2 rings (SSSR count). The highest BCUT2D eigenvalue weighted by Gasteiger charge is 2.18. The summed E-state index contributed by atoms with van der Waals surface area (Å²) in [6, 6.07) is 11.6. The molecule has 0 aromatic heterocycles. The molecular formula is C16H17BrO4S. The summed E-state index contributed by atoms with van der Waals surface area (Å²) < 4.78 is 30.6. The van der Waals surface area contributed by atoms with Crippen LogP contribution >= 0.6 is 15.9 Å². The molecule has 0 spiro atoms. The number of rotatable bonds is 5. The Labute approximate surface area is 138 Å². The molecule has 0 heterocycles. The Hall–Kier alpha value is -1.37. The highest BCUT2D eigenvalue weighted by molar-refractivity contribution is 9.10. The summed E-state index contributed by atoms with van der Waals surface area (Å²) in [7, 11) is -3.28. The highest BCUT2D eigenvalue weighted by atomic mass is 79.9. The van der Waals surface area contributed by atoms with Gasteiger partial charge in [0.05, 0.1) is 16.8 Å². The van der Waals surface area contributed by atoms with Crippen LogP contribution < -0.4 is 4.74 Å². The maximum absolute atomic E-state index is 12.0. The second kappa shape index (κ2) is 6.81. The number of aliphatic hydroxyl groups is 1. The fourth-order valence-corrected chi connectivity index (χ4v) is 3.27. The molecule has 0 atom stereocenters. The van der Waals surface area contributed by atoms with Gasteiger partial charge in [-0.05, 0) is 61.9 Å². The van der Waals surface area contributed by atoms with Gasteiger partial charge in [-0.2, -0.15) is 0 Å². The van der Waals surface area contributed by atoms with Crippen LogP contribution in [0.2, 0.25) is 0 Å². The summed E-state index contributed by atoms with van der Waals surface area (Å²) >= 11 is 3.34. The van der Waals surface area contributed by atoms with Gasteiger partial charge in [0.2, 0.25) is 0 Å². The minimum absolute atomic E-state index is 0.0939. The van der Waals surface area contributed by atoms with Crippen LogP contribution in [-0.4, -0.2) is 18.8 Å². The van der Waals surface area contributed by atoms with Crippen molar-refractivity contribution in [2.24, 2.45) is 0 Å². The molecule has 0 saturated heterocycles. The smallest absolute Gasteiger partial charge is 0.180 e. The van der Waals surface area contributed by atoms with Crippen molar-refractivity contribution in [1.29, 1.82) is 0 Å².